The first-order chi connectivity index (χ1) is 14.9. The maximum absolute atomic E-state index is 15.0. The first-order valence-electron chi connectivity index (χ1n) is 10.3. The molecule has 0 saturated carbocycles. The van der Waals surface area contributed by atoms with Crippen LogP contribution in [0.3, 0.4) is 0 Å². The van der Waals surface area contributed by atoms with E-state index in [-0.39, 0.29) is 16.8 Å². The number of nitrogens with one attached hydrogen (secondary N) is 1. The summed E-state index contributed by atoms with van der Waals surface area (Å²) in [6.45, 7) is 7.16. The molecule has 4 rings (SSSR count). The van der Waals surface area contributed by atoms with E-state index in [1.807, 2.05) is 19.9 Å². The van der Waals surface area contributed by atoms with Gasteiger partial charge in [-0.2, -0.15) is 0 Å². The number of H-pyrrole nitrogens is 1. The number of anilines is 1. The molecule has 0 radical (unpaired) electrons. The highest BCUT2D eigenvalue weighted by Gasteiger charge is 2.21. The lowest BCUT2D eigenvalue weighted by molar-refractivity contribution is 0.0995. The molecule has 9 heteroatoms. The number of benzene rings is 1. The number of rotatable bonds is 5. The van der Waals surface area contributed by atoms with Crippen LogP contribution in [-0.2, 0) is 13.0 Å². The Hall–Kier alpha value is -3.33. The van der Waals surface area contributed by atoms with E-state index >= 15 is 4.39 Å². The van der Waals surface area contributed by atoms with Gasteiger partial charge >= 0.3 is 0 Å². The maximum Gasteiger partial charge on any atom is 0.270 e. The topological polar surface area (TPSA) is 108 Å². The van der Waals surface area contributed by atoms with Gasteiger partial charge in [0.15, 0.2) is 5.82 Å². The summed E-state index contributed by atoms with van der Waals surface area (Å²) in [6, 6.07) is 7.01. The molecule has 31 heavy (non-hydrogen) atoms. The minimum atomic E-state index is -0.542. The lowest BCUT2D eigenvalue weighted by atomic mass is 10.1. The van der Waals surface area contributed by atoms with Crippen molar-refractivity contribution in [3.05, 3.63) is 63.1 Å². The van der Waals surface area contributed by atoms with Crippen LogP contribution >= 0.6 is 0 Å². The fraction of sp³-hybridized carbons (Fsp3) is 0.364. The number of carbonyl (C=O) groups excluding carboxylic acids is 1. The summed E-state index contributed by atoms with van der Waals surface area (Å²) in [4.78, 5) is 38.9. The van der Waals surface area contributed by atoms with Crippen molar-refractivity contribution in [3.63, 3.8) is 0 Å². The van der Waals surface area contributed by atoms with Gasteiger partial charge in [-0.1, -0.05) is 13.0 Å². The lowest BCUT2D eigenvalue weighted by Crippen LogP contribution is -2.46. The Balaban J connectivity index is 1.47. The molecule has 1 aromatic carbocycles. The van der Waals surface area contributed by atoms with Crippen molar-refractivity contribution in [2.75, 3.05) is 31.1 Å². The Morgan fingerprint density at radius 2 is 1.90 bits per heavy atom. The number of amides is 1. The Bertz CT molecular complexity index is 1200. The Labute approximate surface area is 178 Å². The molecule has 3 aromatic rings. The predicted molar refractivity (Wildman–Crippen MR) is 117 cm³/mol. The number of primary amides is 1. The molecule has 1 aliphatic rings. The molecule has 1 saturated heterocycles. The summed E-state index contributed by atoms with van der Waals surface area (Å²) in [7, 11) is 0. The smallest absolute Gasteiger partial charge is 0.270 e. The van der Waals surface area contributed by atoms with Gasteiger partial charge in [-0.05, 0) is 31.5 Å². The molecule has 0 bridgehead atoms. The molecule has 1 fully saturated rings. The second-order valence-electron chi connectivity index (χ2n) is 7.73. The van der Waals surface area contributed by atoms with Gasteiger partial charge < -0.3 is 15.6 Å². The molecule has 162 valence electrons. The van der Waals surface area contributed by atoms with E-state index in [9.17, 15) is 9.59 Å². The van der Waals surface area contributed by atoms with Crippen LogP contribution in [0.5, 0.6) is 0 Å². The molecule has 0 spiro atoms. The van der Waals surface area contributed by atoms with Gasteiger partial charge in [0, 0.05) is 38.3 Å². The molecule has 1 aliphatic heterocycles. The van der Waals surface area contributed by atoms with Crippen molar-refractivity contribution in [3.8, 4) is 0 Å². The van der Waals surface area contributed by atoms with Crippen molar-refractivity contribution < 1.29 is 9.18 Å². The summed E-state index contributed by atoms with van der Waals surface area (Å²) >= 11 is 0. The number of pyridine rings is 1. The van der Waals surface area contributed by atoms with Gasteiger partial charge in [-0.3, -0.25) is 14.5 Å². The highest BCUT2D eigenvalue weighted by atomic mass is 19.1. The number of aromatic nitrogens is 3. The average Bonchev–Trinajstić information content (AvgIpc) is 2.76. The lowest BCUT2D eigenvalue weighted by Gasteiger charge is -2.36. The van der Waals surface area contributed by atoms with E-state index in [1.54, 1.807) is 18.2 Å². The maximum atomic E-state index is 15.0. The zero-order valence-corrected chi connectivity index (χ0v) is 17.6. The largest absolute Gasteiger partial charge is 0.368 e. The highest BCUT2D eigenvalue weighted by molar-refractivity contribution is 5.91. The van der Waals surface area contributed by atoms with Crippen LogP contribution in [0.25, 0.3) is 11.0 Å². The summed E-state index contributed by atoms with van der Waals surface area (Å²) in [5, 5.41) is 0. The van der Waals surface area contributed by atoms with Crippen LogP contribution in [0.4, 0.5) is 10.1 Å². The molecule has 2 aromatic heterocycles. The number of nitrogens with two attached hydrogens (primary N) is 1. The Morgan fingerprint density at radius 1 is 1.16 bits per heavy atom. The molecular weight excluding hydrogens is 399 g/mol. The van der Waals surface area contributed by atoms with Crippen LogP contribution in [-0.4, -0.2) is 51.9 Å². The normalized spacial score (nSPS) is 14.9. The van der Waals surface area contributed by atoms with Crippen LogP contribution in [0.2, 0.25) is 0 Å². The first-order valence-corrected chi connectivity index (χ1v) is 10.3. The minimum absolute atomic E-state index is 0.162. The third-order valence-corrected chi connectivity index (χ3v) is 5.71. The SMILES string of the molecule is CCc1nc2ccc(CN3CCN(c4ccc(C(N)=O)nc4C)CC3)c(F)c2[nH]c1=O. The molecule has 3 N–H and O–H groups in total. The second-order valence-corrected chi connectivity index (χ2v) is 7.73. The van der Waals surface area contributed by atoms with Crippen molar-refractivity contribution >= 4 is 22.6 Å². The van der Waals surface area contributed by atoms with Gasteiger partial charge in [0.1, 0.15) is 16.9 Å². The number of hydrogen-bond acceptors (Lipinski definition) is 6. The molecule has 3 heterocycles. The second kappa shape index (κ2) is 8.43. The number of piperazine rings is 1. The van der Waals surface area contributed by atoms with Crippen LogP contribution in [0, 0.1) is 12.7 Å². The highest BCUT2D eigenvalue weighted by Crippen LogP contribution is 2.23. The molecular formula is C22H25FN6O2. The van der Waals surface area contributed by atoms with Crippen LogP contribution in [0.1, 0.15) is 34.4 Å². The van der Waals surface area contributed by atoms with Crippen molar-refractivity contribution in [2.45, 2.75) is 26.8 Å². The van der Waals surface area contributed by atoms with Gasteiger partial charge in [-0.15, -0.1) is 0 Å². The van der Waals surface area contributed by atoms with Crippen LogP contribution in [0.15, 0.2) is 29.1 Å². The van der Waals surface area contributed by atoms with E-state index in [0.29, 0.717) is 29.7 Å². The molecule has 1 amide bonds. The summed E-state index contributed by atoms with van der Waals surface area (Å²) < 4.78 is 15.0. The van der Waals surface area contributed by atoms with E-state index in [1.165, 1.54) is 0 Å². The molecule has 0 unspecified atom stereocenters. The van der Waals surface area contributed by atoms with E-state index in [2.05, 4.69) is 24.8 Å². The Kier molecular flexibility index (Phi) is 5.69. The first kappa shape index (κ1) is 20.9. The average molecular weight is 424 g/mol. The number of hydrogen-bond donors (Lipinski definition) is 2. The Morgan fingerprint density at radius 3 is 2.55 bits per heavy atom. The molecule has 0 aliphatic carbocycles. The minimum Gasteiger partial charge on any atom is -0.368 e. The van der Waals surface area contributed by atoms with Gasteiger partial charge in [0.25, 0.3) is 11.5 Å². The number of halogens is 1. The van der Waals surface area contributed by atoms with E-state index in [0.717, 1.165) is 37.6 Å². The third-order valence-electron chi connectivity index (χ3n) is 5.71. The van der Waals surface area contributed by atoms with Crippen molar-refractivity contribution in [2.24, 2.45) is 5.73 Å². The van der Waals surface area contributed by atoms with Gasteiger partial charge in [0.05, 0.1) is 16.9 Å². The van der Waals surface area contributed by atoms with Crippen molar-refractivity contribution in [1.29, 1.82) is 0 Å². The summed E-state index contributed by atoms with van der Waals surface area (Å²) in [5.41, 5.74) is 8.50. The molecule has 0 atom stereocenters. The number of carbonyl (C=O) groups is 1. The van der Waals surface area contributed by atoms with E-state index in [4.69, 9.17) is 5.73 Å². The van der Waals surface area contributed by atoms with Gasteiger partial charge in [-0.25, -0.2) is 14.4 Å². The standard InChI is InChI=1S/C22H25FN6O2/c1-3-15-22(31)27-20-16(26-15)5-4-14(19(20)23)12-28-8-10-29(11-9-28)18-7-6-17(21(24)30)25-13(18)2/h4-7H,3,8-12H2,1-2H3,(H2,24,30)(H,27,31). The number of fused-ring (bicyclic) bond motifs is 1. The monoisotopic (exact) mass is 424 g/mol. The van der Waals surface area contributed by atoms with Crippen LogP contribution < -0.4 is 16.2 Å². The zero-order chi connectivity index (χ0) is 22.1. The summed E-state index contributed by atoms with van der Waals surface area (Å²) in [6.07, 6.45) is 0.499. The van der Waals surface area contributed by atoms with E-state index < -0.39 is 11.7 Å². The van der Waals surface area contributed by atoms with Gasteiger partial charge in [0.2, 0.25) is 0 Å². The molecule has 8 nitrogen and oxygen atoms in total. The fourth-order valence-corrected chi connectivity index (χ4v) is 3.98. The summed E-state index contributed by atoms with van der Waals surface area (Å²) in [5.74, 6) is -0.964. The van der Waals surface area contributed by atoms with Crippen molar-refractivity contribution in [1.82, 2.24) is 19.9 Å². The number of aryl methyl sites for hydroxylation is 2. The fourth-order valence-electron chi connectivity index (χ4n) is 3.98. The number of aromatic amines is 1. The third kappa shape index (κ3) is 4.13. The quantitative estimate of drug-likeness (QED) is 0.646. The zero-order valence-electron chi connectivity index (χ0n) is 17.6. The number of nitrogens with zero attached hydrogens (tertiary/aromatic N) is 4. The predicted octanol–water partition coefficient (Wildman–Crippen LogP) is 1.75.